The quantitative estimate of drug-likeness (QED) is 0.347. The highest BCUT2D eigenvalue weighted by atomic mass is 35.5. The van der Waals surface area contributed by atoms with E-state index in [-0.39, 0.29) is 25.0 Å². The fraction of sp³-hybridized carbons (Fsp3) is 0.389. The number of sulfonamides is 1. The lowest BCUT2D eigenvalue weighted by atomic mass is 10.1. The SMILES string of the molecule is CS(=O)(=O)NC[C@H](CCCNC(=O)O)n1c(CCl)nc2cnc3ccccc3c21. The summed E-state index contributed by atoms with van der Waals surface area (Å²) >= 11 is 6.16. The smallest absolute Gasteiger partial charge is 0.404 e. The molecule has 2 aromatic heterocycles. The van der Waals surface area contributed by atoms with Gasteiger partial charge < -0.3 is 15.0 Å². The highest BCUT2D eigenvalue weighted by molar-refractivity contribution is 7.88. The van der Waals surface area contributed by atoms with E-state index in [9.17, 15) is 13.2 Å². The molecule has 9 nitrogen and oxygen atoms in total. The summed E-state index contributed by atoms with van der Waals surface area (Å²) in [7, 11) is -3.41. The Labute approximate surface area is 173 Å². The molecule has 11 heteroatoms. The summed E-state index contributed by atoms with van der Waals surface area (Å²) in [6.45, 7) is 0.397. The minimum absolute atomic E-state index is 0.137. The summed E-state index contributed by atoms with van der Waals surface area (Å²) < 4.78 is 27.9. The van der Waals surface area contributed by atoms with E-state index < -0.39 is 16.1 Å². The first-order valence-electron chi connectivity index (χ1n) is 9.02. The van der Waals surface area contributed by atoms with Crippen LogP contribution in [0.3, 0.4) is 0 Å². The van der Waals surface area contributed by atoms with Crippen LogP contribution in [0.4, 0.5) is 4.79 Å². The molecular formula is C18H22ClN5O4S. The van der Waals surface area contributed by atoms with E-state index in [4.69, 9.17) is 16.7 Å². The molecule has 0 unspecified atom stereocenters. The van der Waals surface area contributed by atoms with Crippen molar-refractivity contribution >= 4 is 49.7 Å². The summed E-state index contributed by atoms with van der Waals surface area (Å²) in [5.74, 6) is 0.748. The first kappa shape index (κ1) is 21.3. The Morgan fingerprint density at radius 3 is 2.76 bits per heavy atom. The molecule has 0 saturated heterocycles. The third-order valence-corrected chi connectivity index (χ3v) is 5.48. The molecule has 3 N–H and O–H groups in total. The molecule has 3 aromatic rings. The van der Waals surface area contributed by atoms with Gasteiger partial charge in [-0.05, 0) is 18.9 Å². The molecule has 1 aromatic carbocycles. The fourth-order valence-corrected chi connectivity index (χ4v) is 4.05. The second-order valence-corrected chi connectivity index (χ2v) is 8.79. The van der Waals surface area contributed by atoms with Crippen LogP contribution < -0.4 is 10.0 Å². The van der Waals surface area contributed by atoms with Gasteiger partial charge in [0.15, 0.2) is 0 Å². The van der Waals surface area contributed by atoms with Gasteiger partial charge >= 0.3 is 6.09 Å². The van der Waals surface area contributed by atoms with Gasteiger partial charge in [-0.2, -0.15) is 0 Å². The van der Waals surface area contributed by atoms with Crippen LogP contribution in [0.25, 0.3) is 21.9 Å². The predicted molar refractivity (Wildman–Crippen MR) is 112 cm³/mol. The van der Waals surface area contributed by atoms with Crippen molar-refractivity contribution in [2.24, 2.45) is 0 Å². The summed E-state index contributed by atoms with van der Waals surface area (Å²) in [5, 5.41) is 12.0. The minimum atomic E-state index is -3.41. The van der Waals surface area contributed by atoms with Crippen molar-refractivity contribution in [1.82, 2.24) is 24.6 Å². The van der Waals surface area contributed by atoms with Gasteiger partial charge in [0.2, 0.25) is 10.0 Å². The van der Waals surface area contributed by atoms with Crippen molar-refractivity contribution in [2.45, 2.75) is 24.8 Å². The second-order valence-electron chi connectivity index (χ2n) is 6.69. The van der Waals surface area contributed by atoms with E-state index in [1.807, 2.05) is 28.8 Å². The lowest BCUT2D eigenvalue weighted by Gasteiger charge is -2.22. The Bertz CT molecular complexity index is 1130. The lowest BCUT2D eigenvalue weighted by Crippen LogP contribution is -2.31. The van der Waals surface area contributed by atoms with E-state index in [0.717, 1.165) is 22.7 Å². The number of rotatable bonds is 9. The van der Waals surface area contributed by atoms with E-state index in [1.165, 1.54) is 0 Å². The molecule has 156 valence electrons. The number of fused-ring (bicyclic) bond motifs is 3. The molecule has 2 heterocycles. The van der Waals surface area contributed by atoms with Gasteiger partial charge in [0.25, 0.3) is 0 Å². The maximum atomic E-state index is 11.7. The summed E-state index contributed by atoms with van der Waals surface area (Å²) in [4.78, 5) is 19.7. The van der Waals surface area contributed by atoms with Gasteiger partial charge in [-0.3, -0.25) is 4.98 Å². The van der Waals surface area contributed by atoms with Crippen molar-refractivity contribution in [3.63, 3.8) is 0 Å². The van der Waals surface area contributed by atoms with Crippen molar-refractivity contribution < 1.29 is 18.3 Å². The van der Waals surface area contributed by atoms with Crippen LogP contribution in [0.1, 0.15) is 24.7 Å². The molecule has 0 aliphatic carbocycles. The highest BCUT2D eigenvalue weighted by Crippen LogP contribution is 2.30. The summed E-state index contributed by atoms with van der Waals surface area (Å²) in [6, 6.07) is 7.33. The Hall–Kier alpha value is -2.43. The second kappa shape index (κ2) is 8.93. The van der Waals surface area contributed by atoms with Crippen molar-refractivity contribution in [1.29, 1.82) is 0 Å². The number of benzene rings is 1. The van der Waals surface area contributed by atoms with Crippen molar-refractivity contribution in [3.05, 3.63) is 36.3 Å². The molecule has 0 aliphatic heterocycles. The third-order valence-electron chi connectivity index (χ3n) is 4.55. The van der Waals surface area contributed by atoms with Crippen LogP contribution in [0.2, 0.25) is 0 Å². The number of carbonyl (C=O) groups is 1. The largest absolute Gasteiger partial charge is 0.465 e. The monoisotopic (exact) mass is 439 g/mol. The number of hydrogen-bond donors (Lipinski definition) is 3. The summed E-state index contributed by atoms with van der Waals surface area (Å²) in [6.07, 6.45) is 2.73. The molecule has 0 bridgehead atoms. The molecular weight excluding hydrogens is 418 g/mol. The topological polar surface area (TPSA) is 126 Å². The zero-order valence-electron chi connectivity index (χ0n) is 15.8. The van der Waals surface area contributed by atoms with E-state index in [0.29, 0.717) is 24.2 Å². The van der Waals surface area contributed by atoms with Crippen molar-refractivity contribution in [2.75, 3.05) is 19.3 Å². The number of imidazole rings is 1. The first-order chi connectivity index (χ1) is 13.8. The first-order valence-corrected chi connectivity index (χ1v) is 11.4. The summed E-state index contributed by atoms with van der Waals surface area (Å²) in [5.41, 5.74) is 2.30. The fourth-order valence-electron chi connectivity index (χ4n) is 3.36. The van der Waals surface area contributed by atoms with Crippen LogP contribution in [0.15, 0.2) is 30.5 Å². The molecule has 29 heavy (non-hydrogen) atoms. The third kappa shape index (κ3) is 5.14. The number of nitrogens with zero attached hydrogens (tertiary/aromatic N) is 3. The van der Waals surface area contributed by atoms with Gasteiger partial charge in [-0.25, -0.2) is 22.9 Å². The maximum Gasteiger partial charge on any atom is 0.404 e. The Balaban J connectivity index is 2.06. The van der Waals surface area contributed by atoms with Crippen LogP contribution in [-0.2, 0) is 15.9 Å². The zero-order valence-corrected chi connectivity index (χ0v) is 17.4. The molecule has 0 spiro atoms. The minimum Gasteiger partial charge on any atom is -0.465 e. The molecule has 0 fully saturated rings. The number of carboxylic acid groups (broad SMARTS) is 1. The normalized spacial score (nSPS) is 13.0. The van der Waals surface area contributed by atoms with Gasteiger partial charge in [0.1, 0.15) is 11.3 Å². The zero-order chi connectivity index (χ0) is 21.0. The van der Waals surface area contributed by atoms with E-state index in [2.05, 4.69) is 20.0 Å². The van der Waals surface area contributed by atoms with Gasteiger partial charge in [-0.1, -0.05) is 18.2 Å². The number of amides is 1. The molecule has 0 aliphatic rings. The van der Waals surface area contributed by atoms with E-state index >= 15 is 0 Å². The highest BCUT2D eigenvalue weighted by Gasteiger charge is 2.22. The molecule has 3 rings (SSSR count). The number of alkyl halides is 1. The van der Waals surface area contributed by atoms with Crippen LogP contribution in [0, 0.1) is 0 Å². The predicted octanol–water partition coefficient (Wildman–Crippen LogP) is 2.46. The maximum absolute atomic E-state index is 11.7. The molecule has 0 saturated carbocycles. The molecule has 1 atom stereocenters. The number of halogens is 1. The van der Waals surface area contributed by atoms with Crippen LogP contribution >= 0.6 is 11.6 Å². The van der Waals surface area contributed by atoms with Crippen LogP contribution in [0.5, 0.6) is 0 Å². The molecule has 1 amide bonds. The van der Waals surface area contributed by atoms with Crippen LogP contribution in [-0.4, -0.2) is 53.5 Å². The lowest BCUT2D eigenvalue weighted by molar-refractivity contribution is 0.194. The number of nitrogens with one attached hydrogen (secondary N) is 2. The van der Waals surface area contributed by atoms with Crippen molar-refractivity contribution in [3.8, 4) is 0 Å². The number of para-hydroxylation sites is 1. The molecule has 0 radical (unpaired) electrons. The number of pyridine rings is 1. The Morgan fingerprint density at radius 1 is 1.31 bits per heavy atom. The number of hydrogen-bond acceptors (Lipinski definition) is 5. The Kier molecular flexibility index (Phi) is 6.56. The number of aromatic nitrogens is 3. The Morgan fingerprint density at radius 2 is 2.07 bits per heavy atom. The standard InChI is InChI=1S/C18H22ClN5O4S/c1-29(27,28)22-10-12(5-4-8-20-18(25)26)24-16(9-19)23-15-11-21-14-7-3-2-6-13(14)17(15)24/h2-3,6-7,11-12,20,22H,4-5,8-10H2,1H3,(H,25,26)/t12-/m0/s1. The van der Waals surface area contributed by atoms with E-state index in [1.54, 1.807) is 6.20 Å². The average Bonchev–Trinajstić information content (AvgIpc) is 3.05. The van der Waals surface area contributed by atoms with Gasteiger partial charge in [0.05, 0.1) is 29.4 Å². The van der Waals surface area contributed by atoms with Gasteiger partial charge in [0, 0.05) is 24.5 Å². The van der Waals surface area contributed by atoms with Gasteiger partial charge in [-0.15, -0.1) is 11.6 Å². The average molecular weight is 440 g/mol.